The average Bonchev–Trinajstić information content (AvgIpc) is 2.36. The first-order valence-corrected chi connectivity index (χ1v) is 6.70. The highest BCUT2D eigenvalue weighted by molar-refractivity contribution is 8.00. The number of urea groups is 1. The van der Waals surface area contributed by atoms with E-state index in [2.05, 4.69) is 10.6 Å². The molecule has 8 heteroatoms. The normalized spacial score (nSPS) is 12.8. The summed E-state index contributed by atoms with van der Waals surface area (Å²) in [5.41, 5.74) is -4.36. The third-order valence-corrected chi connectivity index (χ3v) is 3.22. The van der Waals surface area contributed by atoms with E-state index in [9.17, 15) is 18.0 Å². The van der Waals surface area contributed by atoms with E-state index in [0.717, 1.165) is 0 Å². The minimum atomic E-state index is -4.43. The molecule has 0 aliphatic rings. The van der Waals surface area contributed by atoms with Crippen molar-refractivity contribution in [3.8, 4) is 0 Å². The number of carbonyl (C=O) groups is 1. The van der Waals surface area contributed by atoms with Gasteiger partial charge in [0.15, 0.2) is 0 Å². The summed E-state index contributed by atoms with van der Waals surface area (Å²) in [6, 6.07) is 4.56. The van der Waals surface area contributed by atoms with Gasteiger partial charge in [0, 0.05) is 4.90 Å². The van der Waals surface area contributed by atoms with Gasteiger partial charge in [0.2, 0.25) is 0 Å². The van der Waals surface area contributed by atoms with Crippen LogP contribution >= 0.6 is 11.8 Å². The standard InChI is InChI=1S/C12H15F3N2O2S/c1-2-8(7-18)16-11(19)17-9-5-3-4-6-10(9)20-12(13,14)15/h3-6,8,18H,2,7H2,1H3,(H2,16,17,19). The fraction of sp³-hybridized carbons (Fsp3) is 0.417. The molecule has 0 saturated heterocycles. The van der Waals surface area contributed by atoms with Crippen molar-refractivity contribution in [2.45, 2.75) is 29.8 Å². The Labute approximate surface area is 118 Å². The van der Waals surface area contributed by atoms with Crippen LogP contribution in [-0.2, 0) is 0 Å². The molecule has 4 nitrogen and oxygen atoms in total. The monoisotopic (exact) mass is 308 g/mol. The minimum Gasteiger partial charge on any atom is -0.394 e. The molecule has 1 atom stereocenters. The Morgan fingerprint density at radius 1 is 1.40 bits per heavy atom. The zero-order valence-corrected chi connectivity index (χ0v) is 11.5. The summed E-state index contributed by atoms with van der Waals surface area (Å²) in [5.74, 6) is 0. The smallest absolute Gasteiger partial charge is 0.394 e. The van der Waals surface area contributed by atoms with Gasteiger partial charge in [0.25, 0.3) is 0 Å². The fourth-order valence-corrected chi connectivity index (χ4v) is 2.03. The van der Waals surface area contributed by atoms with Crippen molar-refractivity contribution in [3.63, 3.8) is 0 Å². The number of rotatable bonds is 5. The van der Waals surface area contributed by atoms with Gasteiger partial charge in [0.1, 0.15) is 0 Å². The topological polar surface area (TPSA) is 61.4 Å². The maximum absolute atomic E-state index is 12.4. The summed E-state index contributed by atoms with van der Waals surface area (Å²) < 4.78 is 37.1. The van der Waals surface area contributed by atoms with Gasteiger partial charge >= 0.3 is 11.5 Å². The maximum Gasteiger partial charge on any atom is 0.446 e. The third-order valence-electron chi connectivity index (χ3n) is 2.41. The first kappa shape index (κ1) is 16.6. The van der Waals surface area contributed by atoms with Gasteiger partial charge in [-0.1, -0.05) is 19.1 Å². The Morgan fingerprint density at radius 2 is 2.05 bits per heavy atom. The second-order valence-corrected chi connectivity index (χ2v) is 5.04. The van der Waals surface area contributed by atoms with Crippen molar-refractivity contribution in [1.82, 2.24) is 5.32 Å². The summed E-state index contributed by atoms with van der Waals surface area (Å²) in [6.45, 7) is 1.54. The van der Waals surface area contributed by atoms with Gasteiger partial charge in [-0.3, -0.25) is 0 Å². The van der Waals surface area contributed by atoms with Crippen LogP contribution in [0, 0.1) is 0 Å². The van der Waals surface area contributed by atoms with E-state index < -0.39 is 17.6 Å². The molecule has 112 valence electrons. The van der Waals surface area contributed by atoms with Crippen LogP contribution in [0.5, 0.6) is 0 Å². The number of aliphatic hydroxyl groups is 1. The van der Waals surface area contributed by atoms with Gasteiger partial charge in [-0.05, 0) is 30.3 Å². The molecule has 1 aromatic carbocycles. The van der Waals surface area contributed by atoms with Crippen molar-refractivity contribution >= 4 is 23.5 Å². The number of benzene rings is 1. The first-order chi connectivity index (χ1) is 9.35. The minimum absolute atomic E-state index is 0.0696. The lowest BCUT2D eigenvalue weighted by Gasteiger charge is -2.16. The van der Waals surface area contributed by atoms with Crippen LogP contribution in [0.3, 0.4) is 0 Å². The lowest BCUT2D eigenvalue weighted by atomic mass is 10.2. The Morgan fingerprint density at radius 3 is 2.60 bits per heavy atom. The van der Waals surface area contributed by atoms with Crippen LogP contribution in [0.25, 0.3) is 0 Å². The second-order valence-electron chi connectivity index (χ2n) is 3.93. The number of para-hydroxylation sites is 1. The molecule has 0 fully saturated rings. The van der Waals surface area contributed by atoms with Crippen LogP contribution in [0.2, 0.25) is 0 Å². The average molecular weight is 308 g/mol. The molecule has 0 heterocycles. The summed E-state index contributed by atoms with van der Waals surface area (Å²) in [5, 5.41) is 13.8. The van der Waals surface area contributed by atoms with E-state index in [1.54, 1.807) is 6.92 Å². The van der Waals surface area contributed by atoms with E-state index in [4.69, 9.17) is 5.11 Å². The predicted octanol–water partition coefficient (Wildman–Crippen LogP) is 3.19. The van der Waals surface area contributed by atoms with Crippen LogP contribution in [0.1, 0.15) is 13.3 Å². The Kier molecular flexibility index (Phi) is 6.15. The molecule has 3 N–H and O–H groups in total. The summed E-state index contributed by atoms with van der Waals surface area (Å²) in [4.78, 5) is 11.5. The van der Waals surface area contributed by atoms with Crippen LogP contribution < -0.4 is 10.6 Å². The number of nitrogens with one attached hydrogen (secondary N) is 2. The highest BCUT2D eigenvalue weighted by Gasteiger charge is 2.30. The number of hydrogen-bond donors (Lipinski definition) is 3. The Balaban J connectivity index is 2.74. The number of alkyl halides is 3. The Bertz CT molecular complexity index is 451. The SMILES string of the molecule is CCC(CO)NC(=O)Nc1ccccc1SC(F)(F)F. The number of anilines is 1. The van der Waals surface area contributed by atoms with E-state index >= 15 is 0 Å². The molecule has 1 rings (SSSR count). The summed E-state index contributed by atoms with van der Waals surface area (Å²) in [7, 11) is 0. The zero-order chi connectivity index (χ0) is 15.2. The molecule has 0 aromatic heterocycles. The van der Waals surface area contributed by atoms with E-state index in [0.29, 0.717) is 6.42 Å². The number of halogens is 3. The fourth-order valence-electron chi connectivity index (χ4n) is 1.40. The molecule has 1 unspecified atom stereocenters. The number of amides is 2. The lowest BCUT2D eigenvalue weighted by Crippen LogP contribution is -2.39. The van der Waals surface area contributed by atoms with Crippen molar-refractivity contribution in [3.05, 3.63) is 24.3 Å². The van der Waals surface area contributed by atoms with Crippen molar-refractivity contribution < 1.29 is 23.1 Å². The van der Waals surface area contributed by atoms with E-state index in [1.807, 2.05) is 0 Å². The number of aliphatic hydroxyl groups excluding tert-OH is 1. The highest BCUT2D eigenvalue weighted by Crippen LogP contribution is 2.40. The first-order valence-electron chi connectivity index (χ1n) is 5.89. The quantitative estimate of drug-likeness (QED) is 0.732. The van der Waals surface area contributed by atoms with Crippen LogP contribution in [0.15, 0.2) is 29.2 Å². The van der Waals surface area contributed by atoms with Gasteiger partial charge in [-0.2, -0.15) is 13.2 Å². The molecule has 2 amide bonds. The number of thioether (sulfide) groups is 1. The Hall–Kier alpha value is -1.41. The number of carbonyl (C=O) groups excluding carboxylic acids is 1. The molecule has 0 aliphatic heterocycles. The molecular formula is C12H15F3N2O2S. The van der Waals surface area contributed by atoms with Gasteiger partial charge < -0.3 is 15.7 Å². The molecule has 0 radical (unpaired) electrons. The number of hydrogen-bond acceptors (Lipinski definition) is 3. The molecule has 0 aliphatic carbocycles. The predicted molar refractivity (Wildman–Crippen MR) is 71.7 cm³/mol. The van der Waals surface area contributed by atoms with Crippen molar-refractivity contribution in [2.24, 2.45) is 0 Å². The van der Waals surface area contributed by atoms with E-state index in [-0.39, 0.29) is 29.0 Å². The van der Waals surface area contributed by atoms with E-state index in [1.165, 1.54) is 24.3 Å². The maximum atomic E-state index is 12.4. The van der Waals surface area contributed by atoms with Gasteiger partial charge in [-0.15, -0.1) is 0 Å². The molecule has 1 aromatic rings. The molecule has 0 spiro atoms. The molecule has 0 saturated carbocycles. The van der Waals surface area contributed by atoms with Crippen LogP contribution in [0.4, 0.5) is 23.7 Å². The van der Waals surface area contributed by atoms with Gasteiger partial charge in [0.05, 0.1) is 18.3 Å². The largest absolute Gasteiger partial charge is 0.446 e. The third kappa shape index (κ3) is 5.70. The van der Waals surface area contributed by atoms with Crippen molar-refractivity contribution in [2.75, 3.05) is 11.9 Å². The van der Waals surface area contributed by atoms with Gasteiger partial charge in [-0.25, -0.2) is 4.79 Å². The summed E-state index contributed by atoms with van der Waals surface area (Å²) in [6.07, 6.45) is 0.517. The highest BCUT2D eigenvalue weighted by atomic mass is 32.2. The molecular weight excluding hydrogens is 293 g/mol. The summed E-state index contributed by atoms with van der Waals surface area (Å²) >= 11 is -0.292. The molecule has 20 heavy (non-hydrogen) atoms. The second kappa shape index (κ2) is 7.39. The molecule has 0 bridgehead atoms. The zero-order valence-electron chi connectivity index (χ0n) is 10.7. The van der Waals surface area contributed by atoms with Crippen LogP contribution in [-0.4, -0.2) is 29.3 Å². The van der Waals surface area contributed by atoms with Crippen molar-refractivity contribution in [1.29, 1.82) is 0 Å². The lowest BCUT2D eigenvalue weighted by molar-refractivity contribution is -0.0328.